The van der Waals surface area contributed by atoms with Gasteiger partial charge < -0.3 is 10.1 Å². The summed E-state index contributed by atoms with van der Waals surface area (Å²) in [5.74, 6) is -22.2. The summed E-state index contributed by atoms with van der Waals surface area (Å²) in [4.78, 5) is 12.4. The summed E-state index contributed by atoms with van der Waals surface area (Å²) < 4.78 is 152. The minimum absolute atomic E-state index is 0.00303. The average molecular weight is 510 g/mol. The molecule has 1 aliphatic heterocycles. The van der Waals surface area contributed by atoms with Crippen molar-refractivity contribution < 1.29 is 57.8 Å². The van der Waals surface area contributed by atoms with Crippen molar-refractivity contribution in [2.45, 2.75) is 36.0 Å². The number of benzene rings is 1. The van der Waals surface area contributed by atoms with Gasteiger partial charge in [0, 0.05) is 17.7 Å². The highest BCUT2D eigenvalue weighted by molar-refractivity contribution is 6.21. The van der Waals surface area contributed by atoms with Gasteiger partial charge in [0.15, 0.2) is 5.60 Å². The van der Waals surface area contributed by atoms with E-state index in [2.05, 4.69) is 5.32 Å². The Hall–Kier alpha value is -3.05. The molecule has 0 bridgehead atoms. The van der Waals surface area contributed by atoms with Crippen molar-refractivity contribution in [3.63, 3.8) is 0 Å². The van der Waals surface area contributed by atoms with Gasteiger partial charge in [-0.25, -0.2) is 8.78 Å². The molecule has 4 nitrogen and oxygen atoms in total. The van der Waals surface area contributed by atoms with Crippen molar-refractivity contribution in [2.75, 3.05) is 19.9 Å². The van der Waals surface area contributed by atoms with Gasteiger partial charge in [0.25, 0.3) is 5.91 Å². The van der Waals surface area contributed by atoms with Crippen LogP contribution in [0.3, 0.4) is 0 Å². The number of rotatable bonds is 8. The molecule has 1 heterocycles. The third-order valence-corrected chi connectivity index (χ3v) is 4.72. The maximum Gasteiger partial charge on any atom is 0.460 e. The number of hydrogen-bond donors (Lipinski definition) is 1. The first-order valence-electron chi connectivity index (χ1n) is 9.05. The number of carbonyl (C=O) groups is 1. The summed E-state index contributed by atoms with van der Waals surface area (Å²) in [7, 11) is 0. The zero-order valence-electron chi connectivity index (χ0n) is 16.6. The van der Waals surface area contributed by atoms with Crippen LogP contribution < -0.4 is 10.1 Å². The predicted molar refractivity (Wildman–Crippen MR) is 92.8 cm³/mol. The lowest BCUT2D eigenvalue weighted by Gasteiger charge is -2.35. The van der Waals surface area contributed by atoms with Crippen LogP contribution in [-0.2, 0) is 10.7 Å². The van der Waals surface area contributed by atoms with E-state index in [-0.39, 0.29) is 25.1 Å². The van der Waals surface area contributed by atoms with Crippen LogP contribution in [0.2, 0.25) is 0 Å². The molecule has 1 amide bonds. The molecule has 2 rings (SSSR count). The molecular weight excluding hydrogens is 497 g/mol. The number of hydrogen-bond acceptors (Lipinski definition) is 3. The van der Waals surface area contributed by atoms with Crippen LogP contribution in [0.5, 0.6) is 5.75 Å². The Bertz CT molecular complexity index is 1010. The monoisotopic (exact) mass is 510 g/mol. The maximum atomic E-state index is 14.3. The number of alkyl halides is 11. The van der Waals surface area contributed by atoms with E-state index >= 15 is 0 Å². The Morgan fingerprint density at radius 3 is 2.09 bits per heavy atom. The van der Waals surface area contributed by atoms with Crippen molar-refractivity contribution in [1.82, 2.24) is 5.32 Å². The lowest BCUT2D eigenvalue weighted by atomic mass is 9.89. The lowest BCUT2D eigenvalue weighted by molar-refractivity contribution is -0.399. The summed E-state index contributed by atoms with van der Waals surface area (Å²) in [5, 5.41) is 10.6. The first-order chi connectivity index (χ1) is 15.5. The predicted octanol–water partition coefficient (Wildman–Crippen LogP) is 5.09. The van der Waals surface area contributed by atoms with Gasteiger partial charge >= 0.3 is 23.9 Å². The fourth-order valence-corrected chi connectivity index (χ4v) is 2.85. The number of carbonyl (C=O) groups excluding carboxylic acids is 1. The minimum atomic E-state index is -7.15. The summed E-state index contributed by atoms with van der Waals surface area (Å²) in [5.41, 5.74) is -6.16. The van der Waals surface area contributed by atoms with Crippen LogP contribution >= 0.6 is 0 Å². The molecular formula is C19H13F11N2O2. The summed E-state index contributed by atoms with van der Waals surface area (Å²) >= 11 is 0. The Kier molecular flexibility index (Phi) is 7.16. The molecule has 34 heavy (non-hydrogen) atoms. The molecule has 1 N–H and O–H groups in total. The lowest BCUT2D eigenvalue weighted by Crippen LogP contribution is -2.59. The van der Waals surface area contributed by atoms with Crippen LogP contribution in [0, 0.1) is 11.3 Å². The summed E-state index contributed by atoms with van der Waals surface area (Å²) in [6.45, 7) is -3.52. The SMILES string of the molecule is N#CCCNC(=O)C1=CC(CF)(CF)Oc2ccc(C(F)(F)C(F)(F)C(F)(F)C(F)(F)F)cc21. The van der Waals surface area contributed by atoms with Gasteiger partial charge in [-0.1, -0.05) is 0 Å². The summed E-state index contributed by atoms with van der Waals surface area (Å²) in [6.07, 6.45) is -6.82. The third kappa shape index (κ3) is 4.37. The Morgan fingerprint density at radius 1 is 1.00 bits per heavy atom. The number of nitrogens with zero attached hydrogens (tertiary/aromatic N) is 1. The van der Waals surface area contributed by atoms with Crippen molar-refractivity contribution in [1.29, 1.82) is 5.26 Å². The zero-order valence-corrected chi connectivity index (χ0v) is 16.6. The van der Waals surface area contributed by atoms with Gasteiger partial charge in [-0.2, -0.15) is 44.8 Å². The van der Waals surface area contributed by atoms with E-state index in [1.54, 1.807) is 6.07 Å². The molecule has 1 aliphatic rings. The number of amides is 1. The van der Waals surface area contributed by atoms with Crippen LogP contribution in [0.1, 0.15) is 17.5 Å². The number of ether oxygens (including phenoxy) is 1. The Morgan fingerprint density at radius 2 is 1.59 bits per heavy atom. The van der Waals surface area contributed by atoms with E-state index < -0.39 is 71.3 Å². The molecule has 0 radical (unpaired) electrons. The average Bonchev–Trinajstić information content (AvgIpc) is 2.76. The van der Waals surface area contributed by atoms with Gasteiger partial charge in [-0.15, -0.1) is 0 Å². The summed E-state index contributed by atoms with van der Waals surface area (Å²) in [6, 6.07) is 1.98. The van der Waals surface area contributed by atoms with Gasteiger partial charge in [0.05, 0.1) is 18.1 Å². The van der Waals surface area contributed by atoms with Crippen molar-refractivity contribution in [2.24, 2.45) is 0 Å². The van der Waals surface area contributed by atoms with E-state index in [1.165, 1.54) is 0 Å². The smallest absolute Gasteiger partial charge is 0.460 e. The van der Waals surface area contributed by atoms with E-state index in [0.29, 0.717) is 12.1 Å². The molecule has 0 fully saturated rings. The molecule has 0 aliphatic carbocycles. The van der Waals surface area contributed by atoms with Gasteiger partial charge in [0.2, 0.25) is 0 Å². The first kappa shape index (κ1) is 27.2. The number of halogens is 11. The molecule has 0 saturated carbocycles. The highest BCUT2D eigenvalue weighted by Crippen LogP contribution is 2.57. The zero-order chi connectivity index (χ0) is 26.2. The van der Waals surface area contributed by atoms with Gasteiger partial charge in [0.1, 0.15) is 19.1 Å². The number of nitrogens with one attached hydrogen (secondary N) is 1. The van der Waals surface area contributed by atoms with Crippen molar-refractivity contribution in [3.05, 3.63) is 35.4 Å². The fraction of sp³-hybridized carbons (Fsp3) is 0.474. The Balaban J connectivity index is 2.64. The molecule has 0 saturated heterocycles. The molecule has 0 unspecified atom stereocenters. The second kappa shape index (κ2) is 8.95. The quantitative estimate of drug-likeness (QED) is 0.392. The molecule has 0 aromatic heterocycles. The molecule has 0 spiro atoms. The van der Waals surface area contributed by atoms with E-state index in [9.17, 15) is 53.1 Å². The minimum Gasteiger partial charge on any atom is -0.477 e. The molecule has 1 aromatic rings. The third-order valence-electron chi connectivity index (χ3n) is 4.72. The molecule has 15 heteroatoms. The topological polar surface area (TPSA) is 62.1 Å². The van der Waals surface area contributed by atoms with Crippen LogP contribution in [0.25, 0.3) is 5.57 Å². The van der Waals surface area contributed by atoms with Gasteiger partial charge in [-0.3, -0.25) is 4.79 Å². The largest absolute Gasteiger partial charge is 0.477 e. The normalized spacial score (nSPS) is 16.1. The van der Waals surface area contributed by atoms with Crippen molar-refractivity contribution >= 4 is 11.5 Å². The molecule has 1 aromatic carbocycles. The second-order valence-electron chi connectivity index (χ2n) is 7.09. The second-order valence-corrected chi connectivity index (χ2v) is 7.09. The van der Waals surface area contributed by atoms with E-state index in [0.717, 1.165) is 0 Å². The van der Waals surface area contributed by atoms with E-state index in [1.807, 2.05) is 0 Å². The maximum absolute atomic E-state index is 14.3. The number of nitriles is 1. The standard InChI is InChI=1S/C19H13F11N2O2/c20-8-15(9-21)7-12(14(33)32-5-1-4-31)11-6-10(2-3-13(11)34-15)16(22,23)17(24,25)18(26,27)19(28,29)30/h2-3,6-7H,1,5,8-9H2,(H,32,33). The van der Waals surface area contributed by atoms with Gasteiger partial charge in [-0.05, 0) is 24.3 Å². The first-order valence-corrected chi connectivity index (χ1v) is 9.05. The van der Waals surface area contributed by atoms with Crippen LogP contribution in [0.15, 0.2) is 24.3 Å². The van der Waals surface area contributed by atoms with Crippen LogP contribution in [-0.4, -0.2) is 49.4 Å². The van der Waals surface area contributed by atoms with Crippen molar-refractivity contribution in [3.8, 4) is 11.8 Å². The highest BCUT2D eigenvalue weighted by atomic mass is 19.4. The highest BCUT2D eigenvalue weighted by Gasteiger charge is 2.82. The van der Waals surface area contributed by atoms with E-state index in [4.69, 9.17) is 10.00 Å². The fourth-order valence-electron chi connectivity index (χ4n) is 2.85. The number of fused-ring (bicyclic) bond motifs is 1. The van der Waals surface area contributed by atoms with Crippen LogP contribution in [0.4, 0.5) is 48.3 Å². The molecule has 0 atom stereocenters. The molecule has 188 valence electrons. The Labute approximate surface area is 184 Å².